The van der Waals surface area contributed by atoms with Crippen LogP contribution in [0.3, 0.4) is 0 Å². The summed E-state index contributed by atoms with van der Waals surface area (Å²) in [6, 6.07) is 7.26. The van der Waals surface area contributed by atoms with Crippen molar-refractivity contribution in [2.24, 2.45) is 0 Å². The SMILES string of the molecule is CCC1C(=O)NC(=O)CN1C(C)c1cccc(N)c1. The maximum absolute atomic E-state index is 11.9. The minimum absolute atomic E-state index is 0.0246. The Balaban J connectivity index is 2.27. The van der Waals surface area contributed by atoms with Gasteiger partial charge in [-0.3, -0.25) is 19.8 Å². The standard InChI is InChI=1S/C14H19N3O2/c1-3-12-14(19)16-13(18)8-17(12)9(2)10-5-4-6-11(15)7-10/h4-7,9,12H,3,8,15H2,1-2H3,(H,16,18,19). The first-order valence-corrected chi connectivity index (χ1v) is 6.47. The number of piperazine rings is 1. The van der Waals surface area contributed by atoms with Crippen molar-refractivity contribution in [3.05, 3.63) is 29.8 Å². The van der Waals surface area contributed by atoms with Gasteiger partial charge < -0.3 is 5.73 Å². The Hall–Kier alpha value is -1.88. The van der Waals surface area contributed by atoms with E-state index in [-0.39, 0.29) is 30.4 Å². The first kappa shape index (κ1) is 13.5. The highest BCUT2D eigenvalue weighted by atomic mass is 16.2. The minimum atomic E-state index is -0.269. The maximum atomic E-state index is 11.9. The van der Waals surface area contributed by atoms with Crippen molar-refractivity contribution in [1.82, 2.24) is 10.2 Å². The van der Waals surface area contributed by atoms with Crippen molar-refractivity contribution in [1.29, 1.82) is 0 Å². The summed E-state index contributed by atoms with van der Waals surface area (Å²) < 4.78 is 0. The summed E-state index contributed by atoms with van der Waals surface area (Å²) in [7, 11) is 0. The fourth-order valence-electron chi connectivity index (χ4n) is 2.52. The molecule has 2 atom stereocenters. The number of rotatable bonds is 3. The van der Waals surface area contributed by atoms with E-state index >= 15 is 0 Å². The Morgan fingerprint density at radius 1 is 1.47 bits per heavy atom. The van der Waals surface area contributed by atoms with E-state index in [9.17, 15) is 9.59 Å². The number of nitrogens with one attached hydrogen (secondary N) is 1. The molecule has 1 aromatic rings. The van der Waals surface area contributed by atoms with Crippen LogP contribution in [0.15, 0.2) is 24.3 Å². The monoisotopic (exact) mass is 261 g/mol. The maximum Gasteiger partial charge on any atom is 0.243 e. The van der Waals surface area contributed by atoms with E-state index in [1.165, 1.54) is 0 Å². The van der Waals surface area contributed by atoms with Gasteiger partial charge in [-0.15, -0.1) is 0 Å². The molecular formula is C14H19N3O2. The van der Waals surface area contributed by atoms with Crippen molar-refractivity contribution in [2.75, 3.05) is 12.3 Å². The third-order valence-electron chi connectivity index (χ3n) is 3.57. The molecule has 1 heterocycles. The number of nitrogen functional groups attached to an aromatic ring is 1. The molecule has 1 aromatic carbocycles. The quantitative estimate of drug-likeness (QED) is 0.630. The number of hydrogen-bond acceptors (Lipinski definition) is 4. The van der Waals surface area contributed by atoms with E-state index in [0.29, 0.717) is 12.1 Å². The Labute approximate surface area is 112 Å². The van der Waals surface area contributed by atoms with Crippen LogP contribution in [0.1, 0.15) is 31.9 Å². The predicted octanol–water partition coefficient (Wildman–Crippen LogP) is 1.07. The molecule has 0 bridgehead atoms. The predicted molar refractivity (Wildman–Crippen MR) is 73.2 cm³/mol. The normalized spacial score (nSPS) is 22.1. The zero-order chi connectivity index (χ0) is 14.0. The van der Waals surface area contributed by atoms with E-state index in [2.05, 4.69) is 5.32 Å². The van der Waals surface area contributed by atoms with Gasteiger partial charge in [-0.05, 0) is 31.0 Å². The number of carbonyl (C=O) groups is 2. The van der Waals surface area contributed by atoms with Crippen LogP contribution in [0.2, 0.25) is 0 Å². The molecule has 5 nitrogen and oxygen atoms in total. The van der Waals surface area contributed by atoms with Crippen LogP contribution in [-0.4, -0.2) is 29.3 Å². The first-order valence-electron chi connectivity index (χ1n) is 6.47. The molecule has 1 saturated heterocycles. The molecule has 3 N–H and O–H groups in total. The van der Waals surface area contributed by atoms with Gasteiger partial charge in [-0.1, -0.05) is 19.1 Å². The van der Waals surface area contributed by atoms with Gasteiger partial charge in [-0.2, -0.15) is 0 Å². The molecule has 5 heteroatoms. The minimum Gasteiger partial charge on any atom is -0.399 e. The number of benzene rings is 1. The number of anilines is 1. The zero-order valence-electron chi connectivity index (χ0n) is 11.2. The van der Waals surface area contributed by atoms with Gasteiger partial charge in [-0.25, -0.2) is 0 Å². The van der Waals surface area contributed by atoms with Gasteiger partial charge in [0.1, 0.15) is 0 Å². The molecule has 0 aromatic heterocycles. The molecule has 0 saturated carbocycles. The molecule has 0 spiro atoms. The molecule has 2 rings (SSSR count). The van der Waals surface area contributed by atoms with Crippen molar-refractivity contribution in [3.63, 3.8) is 0 Å². The van der Waals surface area contributed by atoms with Gasteiger partial charge in [0.25, 0.3) is 0 Å². The smallest absolute Gasteiger partial charge is 0.243 e. The van der Waals surface area contributed by atoms with Gasteiger partial charge >= 0.3 is 0 Å². The molecular weight excluding hydrogens is 242 g/mol. The molecule has 102 valence electrons. The fraction of sp³-hybridized carbons (Fsp3) is 0.429. The van der Waals surface area contributed by atoms with E-state index < -0.39 is 0 Å². The van der Waals surface area contributed by atoms with Crippen LogP contribution >= 0.6 is 0 Å². The van der Waals surface area contributed by atoms with Crippen LogP contribution in [0.4, 0.5) is 5.69 Å². The average Bonchev–Trinajstić information content (AvgIpc) is 2.37. The van der Waals surface area contributed by atoms with E-state index in [4.69, 9.17) is 5.73 Å². The average molecular weight is 261 g/mol. The van der Waals surface area contributed by atoms with Gasteiger partial charge in [0, 0.05) is 11.7 Å². The van der Waals surface area contributed by atoms with Gasteiger partial charge in [0.15, 0.2) is 0 Å². The third-order valence-corrected chi connectivity index (χ3v) is 3.57. The lowest BCUT2D eigenvalue weighted by Gasteiger charge is -2.37. The van der Waals surface area contributed by atoms with Gasteiger partial charge in [0.2, 0.25) is 11.8 Å². The van der Waals surface area contributed by atoms with Crippen LogP contribution in [0.25, 0.3) is 0 Å². The summed E-state index contributed by atoms with van der Waals surface area (Å²) in [6.45, 7) is 4.17. The summed E-state index contributed by atoms with van der Waals surface area (Å²) in [5.41, 5.74) is 7.48. The Morgan fingerprint density at radius 3 is 2.84 bits per heavy atom. The fourth-order valence-corrected chi connectivity index (χ4v) is 2.52. The zero-order valence-corrected chi connectivity index (χ0v) is 11.2. The third kappa shape index (κ3) is 2.76. The highest BCUT2D eigenvalue weighted by molar-refractivity contribution is 6.01. The highest BCUT2D eigenvalue weighted by Gasteiger charge is 2.35. The highest BCUT2D eigenvalue weighted by Crippen LogP contribution is 2.26. The second kappa shape index (κ2) is 5.40. The molecule has 1 fully saturated rings. The van der Waals surface area contributed by atoms with Crippen LogP contribution in [-0.2, 0) is 9.59 Å². The van der Waals surface area contributed by atoms with Crippen LogP contribution < -0.4 is 11.1 Å². The Bertz CT molecular complexity index is 501. The van der Waals surface area contributed by atoms with Crippen molar-refractivity contribution in [3.8, 4) is 0 Å². The number of nitrogens with two attached hydrogens (primary N) is 1. The second-order valence-corrected chi connectivity index (χ2v) is 4.85. The lowest BCUT2D eigenvalue weighted by molar-refractivity contribution is -0.141. The van der Waals surface area contributed by atoms with Crippen molar-refractivity contribution >= 4 is 17.5 Å². The summed E-state index contributed by atoms with van der Waals surface area (Å²) in [5, 5.41) is 2.38. The second-order valence-electron chi connectivity index (χ2n) is 4.85. The largest absolute Gasteiger partial charge is 0.399 e. The Kier molecular flexibility index (Phi) is 3.85. The summed E-state index contributed by atoms with van der Waals surface area (Å²) >= 11 is 0. The molecule has 2 amide bonds. The van der Waals surface area contributed by atoms with Crippen LogP contribution in [0, 0.1) is 0 Å². The van der Waals surface area contributed by atoms with Crippen molar-refractivity contribution in [2.45, 2.75) is 32.4 Å². The van der Waals surface area contributed by atoms with E-state index in [1.807, 2.05) is 43.0 Å². The number of carbonyl (C=O) groups excluding carboxylic acids is 2. The number of nitrogens with zero attached hydrogens (tertiary/aromatic N) is 1. The summed E-state index contributed by atoms with van der Waals surface area (Å²) in [6.07, 6.45) is 0.672. The topological polar surface area (TPSA) is 75.4 Å². The molecule has 0 aliphatic carbocycles. The van der Waals surface area contributed by atoms with Gasteiger partial charge in [0.05, 0.1) is 12.6 Å². The molecule has 2 unspecified atom stereocenters. The van der Waals surface area contributed by atoms with Crippen LogP contribution in [0.5, 0.6) is 0 Å². The summed E-state index contributed by atoms with van der Waals surface area (Å²) in [4.78, 5) is 25.3. The summed E-state index contributed by atoms with van der Waals surface area (Å²) in [5.74, 6) is -0.458. The van der Waals surface area contributed by atoms with Crippen molar-refractivity contribution < 1.29 is 9.59 Å². The lowest BCUT2D eigenvalue weighted by atomic mass is 10.0. The van der Waals surface area contributed by atoms with E-state index in [0.717, 1.165) is 5.56 Å². The number of hydrogen-bond donors (Lipinski definition) is 2. The number of amides is 2. The Morgan fingerprint density at radius 2 is 2.21 bits per heavy atom. The van der Waals surface area contributed by atoms with E-state index in [1.54, 1.807) is 0 Å². The molecule has 19 heavy (non-hydrogen) atoms. The molecule has 1 aliphatic heterocycles. The lowest BCUT2D eigenvalue weighted by Crippen LogP contribution is -2.58. The molecule has 0 radical (unpaired) electrons. The first-order chi connectivity index (χ1) is 9.02. The molecule has 1 aliphatic rings. The number of imide groups is 1.